The lowest BCUT2D eigenvalue weighted by molar-refractivity contribution is 0.181. The molecule has 3 rings (SSSR count). The Hall–Kier alpha value is -2.08. The number of hydrogen-bond acceptors (Lipinski definition) is 4. The lowest BCUT2D eigenvalue weighted by atomic mass is 10.1. The predicted molar refractivity (Wildman–Crippen MR) is 80.1 cm³/mol. The van der Waals surface area contributed by atoms with Crippen molar-refractivity contribution in [1.82, 2.24) is 10.2 Å². The van der Waals surface area contributed by atoms with Crippen LogP contribution < -0.4 is 9.80 Å². The Balaban J connectivity index is 1.71. The lowest BCUT2D eigenvalue weighted by Gasteiger charge is -2.36. The first-order chi connectivity index (χ1) is 10.3. The van der Waals surface area contributed by atoms with Crippen molar-refractivity contribution < 1.29 is 9.13 Å². The van der Waals surface area contributed by atoms with E-state index in [-0.39, 0.29) is 5.82 Å². The third kappa shape index (κ3) is 2.85. The van der Waals surface area contributed by atoms with Crippen LogP contribution in [0.4, 0.5) is 15.8 Å². The summed E-state index contributed by atoms with van der Waals surface area (Å²) in [5.74, 6) is -0.170. The standard InChI is InChI=1S/C15H19FN4O/c1-21-11-12-3-2-4-14(15(12)16)20-7-5-19(6-8-20)13-9-17-18-10-13/h2-4,9-10H,5-8,11H2,1H3,(H,17,18). The Bertz CT molecular complexity index is 579. The van der Waals surface area contributed by atoms with Crippen LogP contribution in [0.15, 0.2) is 30.6 Å². The number of methoxy groups -OCH3 is 1. The minimum atomic E-state index is -0.170. The number of aromatic nitrogens is 2. The molecule has 1 aromatic heterocycles. The fraction of sp³-hybridized carbons (Fsp3) is 0.400. The first-order valence-electron chi connectivity index (χ1n) is 7.04. The van der Waals surface area contributed by atoms with Crippen molar-refractivity contribution in [3.05, 3.63) is 42.0 Å². The van der Waals surface area contributed by atoms with Crippen LogP contribution in [0.5, 0.6) is 0 Å². The van der Waals surface area contributed by atoms with Gasteiger partial charge in [-0.3, -0.25) is 5.10 Å². The van der Waals surface area contributed by atoms with Gasteiger partial charge >= 0.3 is 0 Å². The molecule has 1 saturated heterocycles. The zero-order chi connectivity index (χ0) is 14.7. The Morgan fingerprint density at radius 1 is 1.24 bits per heavy atom. The highest BCUT2D eigenvalue weighted by atomic mass is 19.1. The van der Waals surface area contributed by atoms with Crippen molar-refractivity contribution in [1.29, 1.82) is 0 Å². The second-order valence-corrected chi connectivity index (χ2v) is 5.11. The van der Waals surface area contributed by atoms with E-state index in [0.29, 0.717) is 17.9 Å². The van der Waals surface area contributed by atoms with Crippen molar-refractivity contribution in [2.45, 2.75) is 6.61 Å². The molecule has 0 unspecified atom stereocenters. The highest BCUT2D eigenvalue weighted by Gasteiger charge is 2.21. The summed E-state index contributed by atoms with van der Waals surface area (Å²) in [4.78, 5) is 4.34. The number of H-pyrrole nitrogens is 1. The molecule has 0 bridgehead atoms. The summed E-state index contributed by atoms with van der Waals surface area (Å²) in [6, 6.07) is 5.49. The molecule has 21 heavy (non-hydrogen) atoms. The molecule has 1 N–H and O–H groups in total. The summed E-state index contributed by atoms with van der Waals surface area (Å²) in [5, 5.41) is 6.79. The maximum Gasteiger partial charge on any atom is 0.151 e. The topological polar surface area (TPSA) is 44.4 Å². The molecular formula is C15H19FN4O. The number of rotatable bonds is 4. The van der Waals surface area contributed by atoms with Crippen LogP contribution in [0.25, 0.3) is 0 Å². The van der Waals surface area contributed by atoms with Gasteiger partial charge in [0.05, 0.1) is 24.2 Å². The van der Waals surface area contributed by atoms with E-state index in [1.807, 2.05) is 24.5 Å². The zero-order valence-electron chi connectivity index (χ0n) is 12.1. The van der Waals surface area contributed by atoms with E-state index >= 15 is 0 Å². The molecule has 0 atom stereocenters. The number of nitrogens with one attached hydrogen (secondary N) is 1. The number of ether oxygens (including phenoxy) is 1. The second kappa shape index (κ2) is 6.13. The van der Waals surface area contributed by atoms with Crippen LogP contribution in [0.2, 0.25) is 0 Å². The molecule has 0 spiro atoms. The molecule has 0 aliphatic carbocycles. The minimum Gasteiger partial charge on any atom is -0.380 e. The number of aromatic amines is 1. The molecule has 0 radical (unpaired) electrons. The van der Waals surface area contributed by atoms with Gasteiger partial charge in [-0.05, 0) is 6.07 Å². The SMILES string of the molecule is COCc1cccc(N2CCN(c3cn[nH]c3)CC2)c1F. The van der Waals surface area contributed by atoms with Gasteiger partial charge in [0.2, 0.25) is 0 Å². The van der Waals surface area contributed by atoms with Gasteiger partial charge in [0.15, 0.2) is 5.82 Å². The van der Waals surface area contributed by atoms with E-state index in [9.17, 15) is 4.39 Å². The molecule has 0 saturated carbocycles. The number of halogens is 1. The average molecular weight is 290 g/mol. The summed E-state index contributed by atoms with van der Waals surface area (Å²) >= 11 is 0. The normalized spacial score (nSPS) is 15.5. The summed E-state index contributed by atoms with van der Waals surface area (Å²) < 4.78 is 19.5. The molecule has 6 heteroatoms. The second-order valence-electron chi connectivity index (χ2n) is 5.11. The predicted octanol–water partition coefficient (Wildman–Crippen LogP) is 2.02. The summed E-state index contributed by atoms with van der Waals surface area (Å²) in [6.07, 6.45) is 3.70. The van der Waals surface area contributed by atoms with Gasteiger partial charge < -0.3 is 14.5 Å². The molecule has 1 aliphatic heterocycles. The summed E-state index contributed by atoms with van der Waals surface area (Å²) in [7, 11) is 1.58. The van der Waals surface area contributed by atoms with Crippen LogP contribution in [0.1, 0.15) is 5.56 Å². The summed E-state index contributed by atoms with van der Waals surface area (Å²) in [5.41, 5.74) is 2.35. The smallest absolute Gasteiger partial charge is 0.151 e. The highest BCUT2D eigenvalue weighted by Crippen LogP contribution is 2.25. The molecule has 0 amide bonds. The molecular weight excluding hydrogens is 271 g/mol. The van der Waals surface area contributed by atoms with Crippen LogP contribution in [0.3, 0.4) is 0 Å². The van der Waals surface area contributed by atoms with Gasteiger partial charge in [-0.2, -0.15) is 5.10 Å². The van der Waals surface area contributed by atoms with E-state index < -0.39 is 0 Å². The van der Waals surface area contributed by atoms with Crippen molar-refractivity contribution in [3.8, 4) is 0 Å². The quantitative estimate of drug-likeness (QED) is 0.935. The van der Waals surface area contributed by atoms with Crippen molar-refractivity contribution in [2.24, 2.45) is 0 Å². The van der Waals surface area contributed by atoms with Crippen molar-refractivity contribution >= 4 is 11.4 Å². The number of benzene rings is 1. The van der Waals surface area contributed by atoms with E-state index in [4.69, 9.17) is 4.74 Å². The van der Waals surface area contributed by atoms with Crippen LogP contribution >= 0.6 is 0 Å². The van der Waals surface area contributed by atoms with Gasteiger partial charge in [-0.25, -0.2) is 4.39 Å². The first-order valence-corrected chi connectivity index (χ1v) is 7.04. The Morgan fingerprint density at radius 3 is 2.67 bits per heavy atom. The van der Waals surface area contributed by atoms with Crippen LogP contribution in [-0.4, -0.2) is 43.5 Å². The van der Waals surface area contributed by atoms with Gasteiger partial charge in [-0.15, -0.1) is 0 Å². The van der Waals surface area contributed by atoms with Crippen LogP contribution in [-0.2, 0) is 11.3 Å². The maximum absolute atomic E-state index is 14.5. The first kappa shape index (κ1) is 13.9. The Labute approximate surface area is 123 Å². The minimum absolute atomic E-state index is 0.170. The third-order valence-corrected chi connectivity index (χ3v) is 3.83. The molecule has 5 nitrogen and oxygen atoms in total. The Morgan fingerprint density at radius 2 is 2.00 bits per heavy atom. The van der Waals surface area contributed by atoms with Gasteiger partial charge in [-0.1, -0.05) is 12.1 Å². The van der Waals surface area contributed by atoms with Gasteiger partial charge in [0, 0.05) is 45.0 Å². The van der Waals surface area contributed by atoms with Crippen molar-refractivity contribution in [2.75, 3.05) is 43.1 Å². The lowest BCUT2D eigenvalue weighted by Crippen LogP contribution is -2.46. The summed E-state index contributed by atoms with van der Waals surface area (Å²) in [6.45, 7) is 3.59. The van der Waals surface area contributed by atoms with Gasteiger partial charge in [0.25, 0.3) is 0 Å². The molecule has 2 heterocycles. The third-order valence-electron chi connectivity index (χ3n) is 3.83. The van der Waals surface area contributed by atoms with Crippen molar-refractivity contribution in [3.63, 3.8) is 0 Å². The molecule has 112 valence electrons. The van der Waals surface area contributed by atoms with E-state index in [1.165, 1.54) is 0 Å². The largest absolute Gasteiger partial charge is 0.380 e. The number of hydrogen-bond donors (Lipinski definition) is 1. The van der Waals surface area contributed by atoms with E-state index in [0.717, 1.165) is 31.9 Å². The Kier molecular flexibility index (Phi) is 4.06. The van der Waals surface area contributed by atoms with Crippen LogP contribution in [0, 0.1) is 5.82 Å². The van der Waals surface area contributed by atoms with E-state index in [1.54, 1.807) is 13.2 Å². The molecule has 1 aliphatic rings. The molecule has 1 aromatic carbocycles. The number of nitrogens with zero attached hydrogens (tertiary/aromatic N) is 3. The number of anilines is 2. The fourth-order valence-electron chi connectivity index (χ4n) is 2.70. The molecule has 2 aromatic rings. The zero-order valence-corrected chi connectivity index (χ0v) is 12.1. The highest BCUT2D eigenvalue weighted by molar-refractivity contribution is 5.53. The fourth-order valence-corrected chi connectivity index (χ4v) is 2.70. The average Bonchev–Trinajstić information content (AvgIpc) is 3.04. The van der Waals surface area contributed by atoms with Gasteiger partial charge in [0.1, 0.15) is 0 Å². The van der Waals surface area contributed by atoms with E-state index in [2.05, 4.69) is 20.0 Å². The molecule has 1 fully saturated rings. The monoisotopic (exact) mass is 290 g/mol. The number of piperazine rings is 1. The maximum atomic E-state index is 14.5.